The summed E-state index contributed by atoms with van der Waals surface area (Å²) in [7, 11) is 1.54. The summed E-state index contributed by atoms with van der Waals surface area (Å²) in [5.74, 6) is -0.428. The Morgan fingerprint density at radius 2 is 1.96 bits per heavy atom. The lowest BCUT2D eigenvalue weighted by atomic mass is 10.1. The largest absolute Gasteiger partial charge is 0.421 e. The molecule has 10 heteroatoms. The van der Waals surface area contributed by atoms with Gasteiger partial charge in [0.15, 0.2) is 0 Å². The first-order chi connectivity index (χ1) is 13.2. The van der Waals surface area contributed by atoms with E-state index in [2.05, 4.69) is 10.1 Å². The molecule has 1 aromatic heterocycles. The lowest BCUT2D eigenvalue weighted by molar-refractivity contribution is -0.567. The zero-order valence-electron chi connectivity index (χ0n) is 16.8. The fourth-order valence-electron chi connectivity index (χ4n) is 3.53. The molecule has 0 spiro atoms. The number of carbonyl (C=O) groups excluding carboxylic acids is 3. The van der Waals surface area contributed by atoms with E-state index in [-0.39, 0.29) is 6.04 Å². The molecule has 150 valence electrons. The number of aliphatic imine (C=N–C) groups is 1. The van der Waals surface area contributed by atoms with Crippen LogP contribution in [0.25, 0.3) is 0 Å². The second-order valence-corrected chi connectivity index (χ2v) is 7.15. The molecule has 0 saturated carbocycles. The van der Waals surface area contributed by atoms with Gasteiger partial charge in [-0.25, -0.2) is 9.37 Å². The number of hydrogen-bond acceptors (Lipinski definition) is 5. The van der Waals surface area contributed by atoms with E-state index in [9.17, 15) is 14.4 Å². The number of urea groups is 1. The average molecular weight is 388 g/mol. The van der Waals surface area contributed by atoms with Gasteiger partial charge < -0.3 is 5.73 Å². The number of amidine groups is 1. The minimum Gasteiger partial charge on any atom is -0.368 e. The average Bonchev–Trinajstić information content (AvgIpc) is 3.24. The maximum Gasteiger partial charge on any atom is 0.421 e. The zero-order valence-corrected chi connectivity index (χ0v) is 16.8. The number of imide groups is 1. The second-order valence-electron chi connectivity index (χ2n) is 7.15. The molecule has 2 aliphatic heterocycles. The van der Waals surface area contributed by atoms with Gasteiger partial charge in [0.1, 0.15) is 12.2 Å². The molecule has 2 aliphatic rings. The molecule has 10 nitrogen and oxygen atoms in total. The summed E-state index contributed by atoms with van der Waals surface area (Å²) in [6, 6.07) is 0.496. The Kier molecular flexibility index (Phi) is 5.05. The monoisotopic (exact) mass is 388 g/mol. The standard InChI is InChI=1S/C18H25N7O3/c1-6-11-8-12(7-2)25(21-11)17-20-15-14(24(17)10(3)4)16(27)23(9-13(19)26)18(28)22(15)5/h8,10,14H,6-7,9H2,1-5H3,(H-,19,26)/p+1. The first-order valence-electron chi connectivity index (χ1n) is 9.40. The number of primary amides is 1. The topological polar surface area (TPSA) is 117 Å². The lowest BCUT2D eigenvalue weighted by Crippen LogP contribution is -2.64. The number of nitrogens with zero attached hydrogens (tertiary/aromatic N) is 6. The Morgan fingerprint density at radius 3 is 2.50 bits per heavy atom. The number of aromatic nitrogens is 2. The Hall–Kier alpha value is -3.04. The van der Waals surface area contributed by atoms with E-state index < -0.39 is 30.4 Å². The van der Waals surface area contributed by atoms with Crippen molar-refractivity contribution in [1.82, 2.24) is 19.6 Å². The van der Waals surface area contributed by atoms with Crippen LogP contribution in [0, 0.1) is 0 Å². The third kappa shape index (κ3) is 2.98. The summed E-state index contributed by atoms with van der Waals surface area (Å²) < 4.78 is 3.58. The highest BCUT2D eigenvalue weighted by molar-refractivity contribution is 6.23. The highest BCUT2D eigenvalue weighted by Gasteiger charge is 2.54. The number of carbonyl (C=O) groups is 3. The summed E-state index contributed by atoms with van der Waals surface area (Å²) in [4.78, 5) is 43.9. The first-order valence-corrected chi connectivity index (χ1v) is 9.40. The van der Waals surface area contributed by atoms with Crippen LogP contribution < -0.4 is 5.73 Å². The van der Waals surface area contributed by atoms with Crippen molar-refractivity contribution >= 4 is 29.6 Å². The number of amides is 4. The Balaban J connectivity index is 2.17. The molecule has 3 heterocycles. The minimum absolute atomic E-state index is 0.0961. The van der Waals surface area contributed by atoms with Crippen molar-refractivity contribution in [2.24, 2.45) is 10.7 Å². The molecular formula is C18H26N7O3+. The predicted octanol–water partition coefficient (Wildman–Crippen LogP) is -0.207. The zero-order chi connectivity index (χ0) is 20.7. The summed E-state index contributed by atoms with van der Waals surface area (Å²) in [6.07, 6.45) is 1.52. The van der Waals surface area contributed by atoms with Gasteiger partial charge in [0.25, 0.3) is 5.91 Å². The number of hydrogen-bond donors (Lipinski definition) is 1. The third-order valence-corrected chi connectivity index (χ3v) is 4.95. The molecule has 1 atom stereocenters. The normalized spacial score (nSPS) is 19.6. The summed E-state index contributed by atoms with van der Waals surface area (Å²) >= 11 is 0. The van der Waals surface area contributed by atoms with Gasteiger partial charge in [-0.1, -0.05) is 18.8 Å². The molecule has 0 aliphatic carbocycles. The molecule has 3 rings (SSSR count). The summed E-state index contributed by atoms with van der Waals surface area (Å²) in [5.41, 5.74) is 7.13. The second kappa shape index (κ2) is 7.17. The highest BCUT2D eigenvalue weighted by atomic mass is 16.2. The van der Waals surface area contributed by atoms with E-state index in [0.29, 0.717) is 11.8 Å². The van der Waals surface area contributed by atoms with Gasteiger partial charge in [-0.3, -0.25) is 19.4 Å². The molecule has 0 bridgehead atoms. The maximum absolute atomic E-state index is 13.1. The molecule has 2 N–H and O–H groups in total. The predicted molar refractivity (Wildman–Crippen MR) is 102 cm³/mol. The van der Waals surface area contributed by atoms with Gasteiger partial charge in [-0.05, 0) is 26.3 Å². The smallest absolute Gasteiger partial charge is 0.368 e. The van der Waals surface area contributed by atoms with Crippen molar-refractivity contribution in [3.05, 3.63) is 17.5 Å². The molecule has 28 heavy (non-hydrogen) atoms. The van der Waals surface area contributed by atoms with Crippen molar-refractivity contribution in [2.45, 2.75) is 52.6 Å². The molecule has 1 aromatic rings. The SMILES string of the molecule is CCc1cc(CC)n(C2=[N+](C(C)C)C3C(=O)N(CC(N)=O)C(=O)N(C)C3=N2)n1. The Labute approximate surface area is 163 Å². The van der Waals surface area contributed by atoms with Gasteiger partial charge >= 0.3 is 12.0 Å². The molecule has 4 amide bonds. The molecular weight excluding hydrogens is 362 g/mol. The van der Waals surface area contributed by atoms with E-state index in [4.69, 9.17) is 5.73 Å². The fourth-order valence-corrected chi connectivity index (χ4v) is 3.53. The quantitative estimate of drug-likeness (QED) is 0.703. The van der Waals surface area contributed by atoms with E-state index >= 15 is 0 Å². The minimum atomic E-state index is -0.809. The first kappa shape index (κ1) is 19.7. The van der Waals surface area contributed by atoms with Crippen LogP contribution in [0.4, 0.5) is 4.79 Å². The van der Waals surface area contributed by atoms with E-state index in [1.807, 2.05) is 38.3 Å². The molecule has 1 fully saturated rings. The van der Waals surface area contributed by atoms with Crippen LogP contribution in [0.2, 0.25) is 0 Å². The van der Waals surface area contributed by atoms with E-state index in [1.54, 1.807) is 4.68 Å². The maximum atomic E-state index is 13.1. The number of aryl methyl sites for hydroxylation is 2. The molecule has 0 aromatic carbocycles. The summed E-state index contributed by atoms with van der Waals surface area (Å²) in [6.45, 7) is 7.47. The van der Waals surface area contributed by atoms with Crippen LogP contribution in [-0.4, -0.2) is 79.5 Å². The van der Waals surface area contributed by atoms with Crippen LogP contribution in [-0.2, 0) is 22.4 Å². The van der Waals surface area contributed by atoms with Crippen molar-refractivity contribution in [1.29, 1.82) is 0 Å². The van der Waals surface area contributed by atoms with Crippen LogP contribution in [0.5, 0.6) is 0 Å². The van der Waals surface area contributed by atoms with Gasteiger partial charge in [0, 0.05) is 13.5 Å². The van der Waals surface area contributed by atoms with E-state index in [0.717, 1.165) is 29.1 Å². The van der Waals surface area contributed by atoms with Crippen LogP contribution in [0.3, 0.4) is 0 Å². The van der Waals surface area contributed by atoms with Gasteiger partial charge in [0.05, 0.1) is 11.7 Å². The number of nitrogens with two attached hydrogens (primary N) is 1. The molecule has 1 saturated heterocycles. The van der Waals surface area contributed by atoms with Gasteiger partial charge in [-0.15, -0.1) is 9.78 Å². The van der Waals surface area contributed by atoms with Gasteiger partial charge in [-0.2, -0.15) is 0 Å². The van der Waals surface area contributed by atoms with Crippen molar-refractivity contribution in [3.63, 3.8) is 0 Å². The highest BCUT2D eigenvalue weighted by Crippen LogP contribution is 2.22. The van der Waals surface area contributed by atoms with E-state index in [1.165, 1.54) is 11.9 Å². The van der Waals surface area contributed by atoms with Crippen molar-refractivity contribution < 1.29 is 19.0 Å². The number of likely N-dealkylation sites (N-methyl/N-ethyl adjacent to an activating group) is 1. The van der Waals surface area contributed by atoms with Crippen molar-refractivity contribution in [2.75, 3.05) is 13.6 Å². The lowest BCUT2D eigenvalue weighted by Gasteiger charge is -2.34. The fraction of sp³-hybridized carbons (Fsp3) is 0.556. The third-order valence-electron chi connectivity index (χ3n) is 4.95. The van der Waals surface area contributed by atoms with Crippen LogP contribution in [0.15, 0.2) is 11.1 Å². The summed E-state index contributed by atoms with van der Waals surface area (Å²) in [5, 5.41) is 4.64. The van der Waals surface area contributed by atoms with Gasteiger partial charge in [0.2, 0.25) is 17.8 Å². The van der Waals surface area contributed by atoms with Crippen molar-refractivity contribution in [3.8, 4) is 0 Å². The molecule has 0 radical (unpaired) electrons. The molecule has 1 unspecified atom stereocenters. The number of fused-ring (bicyclic) bond motifs is 1. The van der Waals surface area contributed by atoms with Crippen LogP contribution >= 0.6 is 0 Å². The Morgan fingerprint density at radius 1 is 1.29 bits per heavy atom. The Bertz CT molecular complexity index is 912. The van der Waals surface area contributed by atoms with Crippen LogP contribution in [0.1, 0.15) is 39.1 Å². The number of rotatable bonds is 5.